The Morgan fingerprint density at radius 2 is 1.94 bits per heavy atom. The fourth-order valence-electron chi connectivity index (χ4n) is 1.11. The van der Waals surface area contributed by atoms with Crippen LogP contribution in [0.15, 0.2) is 42.6 Å². The van der Waals surface area contributed by atoms with Crippen molar-refractivity contribution in [1.82, 2.24) is 5.32 Å². The zero-order valence-electron chi connectivity index (χ0n) is 9.03. The van der Waals surface area contributed by atoms with Crippen molar-refractivity contribution in [1.29, 1.82) is 0 Å². The second-order valence-corrected chi connectivity index (χ2v) is 3.02. The summed E-state index contributed by atoms with van der Waals surface area (Å²) in [4.78, 5) is 22.8. The van der Waals surface area contributed by atoms with Gasteiger partial charge in [-0.15, -0.1) is 0 Å². The van der Waals surface area contributed by atoms with Gasteiger partial charge in [0.05, 0.1) is 12.3 Å². The van der Waals surface area contributed by atoms with Crippen LogP contribution < -0.4 is 5.32 Å². The van der Waals surface area contributed by atoms with Crippen molar-refractivity contribution in [2.45, 2.75) is 6.92 Å². The molecule has 0 fully saturated rings. The van der Waals surface area contributed by atoms with E-state index in [1.54, 1.807) is 37.3 Å². The number of amides is 1. The first-order valence-corrected chi connectivity index (χ1v) is 4.87. The Bertz CT molecular complexity index is 398. The lowest BCUT2D eigenvalue weighted by Gasteiger charge is -2.06. The highest BCUT2D eigenvalue weighted by molar-refractivity contribution is 6.09. The SMILES string of the molecule is C=C(NC(=O)OCC)C(=O)c1ccccc1. The fraction of sp³-hybridized carbons (Fsp3) is 0.167. The van der Waals surface area contributed by atoms with Crippen LogP contribution >= 0.6 is 0 Å². The van der Waals surface area contributed by atoms with E-state index in [4.69, 9.17) is 0 Å². The summed E-state index contributed by atoms with van der Waals surface area (Å²) in [6.07, 6.45) is -0.670. The highest BCUT2D eigenvalue weighted by atomic mass is 16.5. The molecule has 16 heavy (non-hydrogen) atoms. The number of nitrogens with one attached hydrogen (secondary N) is 1. The average molecular weight is 219 g/mol. The molecule has 4 nitrogen and oxygen atoms in total. The first-order valence-electron chi connectivity index (χ1n) is 4.87. The molecule has 0 aliphatic rings. The number of alkyl carbamates (subject to hydrolysis) is 1. The van der Waals surface area contributed by atoms with Crippen LogP contribution in [0.25, 0.3) is 0 Å². The van der Waals surface area contributed by atoms with E-state index in [1.165, 1.54) is 0 Å². The molecule has 0 aliphatic carbocycles. The van der Waals surface area contributed by atoms with E-state index < -0.39 is 6.09 Å². The molecule has 0 saturated heterocycles. The molecule has 0 bridgehead atoms. The lowest BCUT2D eigenvalue weighted by Crippen LogP contribution is -2.27. The molecule has 0 aromatic heterocycles. The van der Waals surface area contributed by atoms with Crippen molar-refractivity contribution in [2.75, 3.05) is 6.61 Å². The average Bonchev–Trinajstić information content (AvgIpc) is 2.29. The minimum atomic E-state index is -0.670. The Morgan fingerprint density at radius 3 is 2.50 bits per heavy atom. The van der Waals surface area contributed by atoms with Crippen LogP contribution in [0.1, 0.15) is 17.3 Å². The molecule has 1 aromatic carbocycles. The van der Waals surface area contributed by atoms with Gasteiger partial charge < -0.3 is 4.74 Å². The van der Waals surface area contributed by atoms with Crippen molar-refractivity contribution in [3.63, 3.8) is 0 Å². The highest BCUT2D eigenvalue weighted by Gasteiger charge is 2.12. The zero-order valence-corrected chi connectivity index (χ0v) is 9.03. The van der Waals surface area contributed by atoms with E-state index in [0.29, 0.717) is 5.56 Å². The van der Waals surface area contributed by atoms with Crippen molar-refractivity contribution < 1.29 is 14.3 Å². The fourth-order valence-corrected chi connectivity index (χ4v) is 1.11. The van der Waals surface area contributed by atoms with Crippen LogP contribution in [0, 0.1) is 0 Å². The van der Waals surface area contributed by atoms with Gasteiger partial charge in [-0.1, -0.05) is 36.9 Å². The van der Waals surface area contributed by atoms with E-state index in [-0.39, 0.29) is 18.1 Å². The highest BCUT2D eigenvalue weighted by Crippen LogP contribution is 2.04. The van der Waals surface area contributed by atoms with Gasteiger partial charge in [0.15, 0.2) is 0 Å². The molecule has 0 aliphatic heterocycles. The maximum Gasteiger partial charge on any atom is 0.411 e. The molecule has 0 spiro atoms. The molecule has 1 rings (SSSR count). The summed E-state index contributed by atoms with van der Waals surface area (Å²) in [5, 5.41) is 2.27. The smallest absolute Gasteiger partial charge is 0.411 e. The predicted molar refractivity (Wildman–Crippen MR) is 60.1 cm³/mol. The van der Waals surface area contributed by atoms with Crippen molar-refractivity contribution in [3.8, 4) is 0 Å². The molecule has 0 atom stereocenters. The molecule has 1 N–H and O–H groups in total. The minimum Gasteiger partial charge on any atom is -0.450 e. The summed E-state index contributed by atoms with van der Waals surface area (Å²) in [5.41, 5.74) is 0.481. The van der Waals surface area contributed by atoms with Gasteiger partial charge in [0.25, 0.3) is 0 Å². The third kappa shape index (κ3) is 3.24. The Morgan fingerprint density at radius 1 is 1.31 bits per heavy atom. The second kappa shape index (κ2) is 5.70. The summed E-state index contributed by atoms with van der Waals surface area (Å²) >= 11 is 0. The number of hydrogen-bond donors (Lipinski definition) is 1. The lowest BCUT2D eigenvalue weighted by molar-refractivity contribution is 0.101. The number of rotatable bonds is 4. The predicted octanol–water partition coefficient (Wildman–Crippen LogP) is 2.13. The largest absolute Gasteiger partial charge is 0.450 e. The number of ketones is 1. The summed E-state index contributed by atoms with van der Waals surface area (Å²) in [5.74, 6) is -0.325. The molecular formula is C12H13NO3. The van der Waals surface area contributed by atoms with Crippen molar-refractivity contribution >= 4 is 11.9 Å². The Kier molecular flexibility index (Phi) is 4.27. The van der Waals surface area contributed by atoms with Gasteiger partial charge in [-0.3, -0.25) is 10.1 Å². The van der Waals surface area contributed by atoms with Crippen molar-refractivity contribution in [3.05, 3.63) is 48.2 Å². The topological polar surface area (TPSA) is 55.4 Å². The van der Waals surface area contributed by atoms with Crippen LogP contribution in [0.3, 0.4) is 0 Å². The Hall–Kier alpha value is -2.10. The standard InChI is InChI=1S/C12H13NO3/c1-3-16-12(15)13-9(2)11(14)10-7-5-4-6-8-10/h4-8H,2-3H2,1H3,(H,13,15). The monoisotopic (exact) mass is 219 g/mol. The molecule has 1 aromatic rings. The van der Waals surface area contributed by atoms with Crippen LogP contribution in [-0.2, 0) is 4.74 Å². The van der Waals surface area contributed by atoms with E-state index in [0.717, 1.165) is 0 Å². The van der Waals surface area contributed by atoms with Crippen LogP contribution in [0.4, 0.5) is 4.79 Å². The van der Waals surface area contributed by atoms with Crippen LogP contribution in [0.5, 0.6) is 0 Å². The summed E-state index contributed by atoms with van der Waals surface area (Å²) in [6.45, 7) is 5.42. The van der Waals surface area contributed by atoms with E-state index in [9.17, 15) is 9.59 Å². The van der Waals surface area contributed by atoms with Crippen LogP contribution in [0.2, 0.25) is 0 Å². The first-order chi connectivity index (χ1) is 7.65. The van der Waals surface area contributed by atoms with Crippen LogP contribution in [-0.4, -0.2) is 18.5 Å². The number of hydrogen-bond acceptors (Lipinski definition) is 3. The molecule has 0 radical (unpaired) electrons. The molecule has 84 valence electrons. The van der Waals surface area contributed by atoms with Gasteiger partial charge >= 0.3 is 6.09 Å². The van der Waals surface area contributed by atoms with E-state index >= 15 is 0 Å². The molecule has 0 saturated carbocycles. The summed E-state index contributed by atoms with van der Waals surface area (Å²) in [7, 11) is 0. The molecular weight excluding hydrogens is 206 g/mol. The lowest BCUT2D eigenvalue weighted by atomic mass is 10.1. The molecule has 0 heterocycles. The summed E-state index contributed by atoms with van der Waals surface area (Å²) < 4.78 is 4.64. The quantitative estimate of drug-likeness (QED) is 0.623. The van der Waals surface area contributed by atoms with Gasteiger partial charge in [0.1, 0.15) is 0 Å². The molecule has 1 amide bonds. The van der Waals surface area contributed by atoms with Gasteiger partial charge in [-0.25, -0.2) is 4.79 Å². The maximum atomic E-state index is 11.7. The van der Waals surface area contributed by atoms with Gasteiger partial charge in [0.2, 0.25) is 5.78 Å². The number of carbonyl (C=O) groups is 2. The second-order valence-electron chi connectivity index (χ2n) is 3.02. The Labute approximate surface area is 93.9 Å². The number of carbonyl (C=O) groups excluding carboxylic acids is 2. The Balaban J connectivity index is 2.62. The molecule has 4 heteroatoms. The minimum absolute atomic E-state index is 0.00431. The summed E-state index contributed by atoms with van der Waals surface area (Å²) in [6, 6.07) is 8.59. The maximum absolute atomic E-state index is 11.7. The molecule has 0 unspecified atom stereocenters. The van der Waals surface area contributed by atoms with Crippen molar-refractivity contribution in [2.24, 2.45) is 0 Å². The number of Topliss-reactive ketones (excluding diaryl/α,β-unsaturated/α-hetero) is 1. The number of allylic oxidation sites excluding steroid dienone is 1. The normalized spacial score (nSPS) is 9.31. The third-order valence-electron chi connectivity index (χ3n) is 1.84. The third-order valence-corrected chi connectivity index (χ3v) is 1.84. The van der Waals surface area contributed by atoms with Gasteiger partial charge in [0, 0.05) is 5.56 Å². The van der Waals surface area contributed by atoms with Gasteiger partial charge in [-0.05, 0) is 6.92 Å². The number of benzene rings is 1. The number of ether oxygens (including phenoxy) is 1. The first kappa shape index (κ1) is 12.0. The van der Waals surface area contributed by atoms with Gasteiger partial charge in [-0.2, -0.15) is 0 Å². The van der Waals surface area contributed by atoms with E-state index in [1.807, 2.05) is 0 Å². The van der Waals surface area contributed by atoms with E-state index in [2.05, 4.69) is 16.6 Å². The zero-order chi connectivity index (χ0) is 12.0.